The summed E-state index contributed by atoms with van der Waals surface area (Å²) in [6.07, 6.45) is 2.50. The van der Waals surface area contributed by atoms with Crippen molar-refractivity contribution < 1.29 is 28.5 Å². The summed E-state index contributed by atoms with van der Waals surface area (Å²) in [5, 5.41) is 8.90. The van der Waals surface area contributed by atoms with Crippen molar-refractivity contribution >= 4 is 17.7 Å². The molecule has 1 aromatic carbocycles. The van der Waals surface area contributed by atoms with E-state index in [4.69, 9.17) is 29.5 Å². The van der Waals surface area contributed by atoms with Gasteiger partial charge in [-0.05, 0) is 19.1 Å². The third kappa shape index (κ3) is 3.48. The van der Waals surface area contributed by atoms with Crippen LogP contribution in [0.4, 0.5) is 5.69 Å². The molecule has 1 aliphatic rings. The van der Waals surface area contributed by atoms with Crippen molar-refractivity contribution in [3.8, 4) is 17.2 Å². The number of carbonyl (C=O) groups excluding carboxylic acids is 1. The lowest BCUT2D eigenvalue weighted by Crippen LogP contribution is -2.15. The van der Waals surface area contributed by atoms with Gasteiger partial charge in [0.15, 0.2) is 11.5 Å². The van der Waals surface area contributed by atoms with Crippen molar-refractivity contribution in [1.82, 2.24) is 0 Å². The fourth-order valence-electron chi connectivity index (χ4n) is 2.17. The molecule has 0 amide bonds. The third-order valence-corrected chi connectivity index (χ3v) is 3.48. The summed E-state index contributed by atoms with van der Waals surface area (Å²) in [5.41, 5.74) is 6.54. The van der Waals surface area contributed by atoms with Gasteiger partial charge in [-0.25, -0.2) is 4.79 Å². The van der Waals surface area contributed by atoms with E-state index >= 15 is 0 Å². The zero-order valence-corrected chi connectivity index (χ0v) is 13.3. The number of rotatable bonds is 4. The number of hydrogen-bond acceptors (Lipinski definition) is 8. The van der Waals surface area contributed by atoms with Crippen LogP contribution >= 0.6 is 0 Å². The Hall–Kier alpha value is -3.26. The molecule has 2 aromatic rings. The Morgan fingerprint density at radius 1 is 1.32 bits per heavy atom. The first-order valence-electron chi connectivity index (χ1n) is 7.30. The minimum Gasteiger partial charge on any atom is -0.463 e. The zero-order valence-electron chi connectivity index (χ0n) is 13.3. The molecule has 0 atom stereocenters. The maximum absolute atomic E-state index is 12.2. The van der Waals surface area contributed by atoms with Gasteiger partial charge in [0.2, 0.25) is 18.0 Å². The Morgan fingerprint density at radius 2 is 2.04 bits per heavy atom. The fraction of sp³-hybridized carbons (Fsp3) is 0.176. The Kier molecular flexibility index (Phi) is 4.44. The van der Waals surface area contributed by atoms with Crippen LogP contribution in [-0.4, -0.2) is 17.9 Å². The lowest BCUT2D eigenvalue weighted by molar-refractivity contribution is -0.130. The Balaban J connectivity index is 1.81. The highest BCUT2D eigenvalue weighted by Gasteiger charge is 2.17. The lowest BCUT2D eigenvalue weighted by atomic mass is 10.1. The molecule has 0 aliphatic carbocycles. The quantitative estimate of drug-likeness (QED) is 0.485. The van der Waals surface area contributed by atoms with Crippen LogP contribution in [0.15, 0.2) is 39.2 Å². The number of esters is 1. The molecule has 3 N–H and O–H groups in total. The van der Waals surface area contributed by atoms with Gasteiger partial charge in [0.05, 0.1) is 0 Å². The molecule has 8 nitrogen and oxygen atoms in total. The number of nitrogen functional groups attached to an aromatic ring is 1. The van der Waals surface area contributed by atoms with Crippen LogP contribution in [0.1, 0.15) is 18.2 Å². The van der Waals surface area contributed by atoms with E-state index in [1.165, 1.54) is 13.0 Å². The number of benzene rings is 1. The van der Waals surface area contributed by atoms with Gasteiger partial charge in [-0.15, -0.1) is 0 Å². The molecule has 3 rings (SSSR count). The second-order valence-corrected chi connectivity index (χ2v) is 5.28. The lowest BCUT2D eigenvalue weighted by Gasteiger charge is -2.06. The second-order valence-electron chi connectivity index (χ2n) is 5.28. The van der Waals surface area contributed by atoms with Crippen molar-refractivity contribution in [2.75, 3.05) is 12.5 Å². The molecule has 0 saturated heterocycles. The minimum absolute atomic E-state index is 0.0743. The Bertz CT molecular complexity index is 914. The average molecular weight is 345 g/mol. The second kappa shape index (κ2) is 6.70. The molecule has 0 unspecified atom stereocenters. The van der Waals surface area contributed by atoms with Crippen LogP contribution in [0.5, 0.6) is 17.2 Å². The Morgan fingerprint density at radius 3 is 2.72 bits per heavy atom. The van der Waals surface area contributed by atoms with Crippen LogP contribution in [0.25, 0.3) is 6.08 Å². The smallest absolute Gasteiger partial charge is 0.339 e. The normalized spacial score (nSPS) is 13.0. The summed E-state index contributed by atoms with van der Waals surface area (Å²) in [4.78, 5) is 23.9. The minimum atomic E-state index is -0.735. The summed E-state index contributed by atoms with van der Waals surface area (Å²) in [5.74, 6) is 0.137. The molecule has 8 heteroatoms. The fourth-order valence-corrected chi connectivity index (χ4v) is 2.17. The van der Waals surface area contributed by atoms with Gasteiger partial charge in [0.25, 0.3) is 0 Å². The van der Waals surface area contributed by atoms with E-state index < -0.39 is 18.0 Å². The molecule has 1 aromatic heterocycles. The van der Waals surface area contributed by atoms with Gasteiger partial charge in [0.1, 0.15) is 18.6 Å². The molecule has 0 spiro atoms. The first-order chi connectivity index (χ1) is 12.0. The van der Waals surface area contributed by atoms with Gasteiger partial charge >= 0.3 is 5.97 Å². The van der Waals surface area contributed by atoms with Crippen molar-refractivity contribution in [1.29, 1.82) is 0 Å². The molecule has 0 bridgehead atoms. The number of anilines is 1. The number of nitrogens with two attached hydrogens (primary N) is 1. The molecule has 25 heavy (non-hydrogen) atoms. The number of fused-ring (bicyclic) bond motifs is 1. The van der Waals surface area contributed by atoms with E-state index in [0.29, 0.717) is 22.7 Å². The molecule has 1 aliphatic heterocycles. The van der Waals surface area contributed by atoms with E-state index in [9.17, 15) is 9.59 Å². The summed E-state index contributed by atoms with van der Waals surface area (Å²) >= 11 is 0. The topological polar surface area (TPSA) is 121 Å². The molecule has 0 fully saturated rings. The predicted octanol–water partition coefficient (Wildman–Crippen LogP) is 1.45. The van der Waals surface area contributed by atoms with Crippen LogP contribution in [0.2, 0.25) is 0 Å². The van der Waals surface area contributed by atoms with E-state index in [0.717, 1.165) is 12.3 Å². The third-order valence-electron chi connectivity index (χ3n) is 3.48. The highest BCUT2D eigenvalue weighted by molar-refractivity contribution is 5.95. The highest BCUT2D eigenvalue weighted by atomic mass is 16.7. The van der Waals surface area contributed by atoms with Gasteiger partial charge in [-0.1, -0.05) is 0 Å². The number of ether oxygens (including phenoxy) is 3. The van der Waals surface area contributed by atoms with Gasteiger partial charge in [-0.3, -0.25) is 4.79 Å². The molecule has 0 saturated carbocycles. The maximum atomic E-state index is 12.2. The van der Waals surface area contributed by atoms with Gasteiger partial charge < -0.3 is 29.5 Å². The summed E-state index contributed by atoms with van der Waals surface area (Å²) < 4.78 is 20.5. The monoisotopic (exact) mass is 345 g/mol. The Labute approximate surface area is 142 Å². The van der Waals surface area contributed by atoms with E-state index in [-0.39, 0.29) is 23.9 Å². The maximum Gasteiger partial charge on any atom is 0.339 e. The summed E-state index contributed by atoms with van der Waals surface area (Å²) in [6, 6.07) is 4.31. The molecular weight excluding hydrogens is 330 g/mol. The number of aliphatic hydroxyl groups excluding tert-OH is 1. The van der Waals surface area contributed by atoms with E-state index in [2.05, 4.69) is 0 Å². The molecular formula is C17H15NO7. The van der Waals surface area contributed by atoms with Crippen LogP contribution < -0.4 is 25.4 Å². The van der Waals surface area contributed by atoms with Crippen molar-refractivity contribution in [3.05, 3.63) is 51.6 Å². The van der Waals surface area contributed by atoms with Crippen LogP contribution in [0.3, 0.4) is 0 Å². The SMILES string of the molecule is CC(=Cc1cc2c(cc1N)OCO2)C(=O)Oc1coc(CO)cc1=O. The molecule has 2 heterocycles. The van der Waals surface area contributed by atoms with Crippen LogP contribution in [0, 0.1) is 0 Å². The molecule has 0 radical (unpaired) electrons. The summed E-state index contributed by atoms with van der Waals surface area (Å²) in [6.45, 7) is 1.21. The van der Waals surface area contributed by atoms with E-state index in [1.807, 2.05) is 0 Å². The first kappa shape index (κ1) is 16.6. The number of aliphatic hydroxyl groups is 1. The van der Waals surface area contributed by atoms with E-state index in [1.54, 1.807) is 12.1 Å². The molecule has 130 valence electrons. The largest absolute Gasteiger partial charge is 0.463 e. The van der Waals surface area contributed by atoms with Crippen molar-refractivity contribution in [2.24, 2.45) is 0 Å². The van der Waals surface area contributed by atoms with Crippen LogP contribution in [-0.2, 0) is 11.4 Å². The zero-order chi connectivity index (χ0) is 18.0. The van der Waals surface area contributed by atoms with Crippen molar-refractivity contribution in [3.63, 3.8) is 0 Å². The first-order valence-corrected chi connectivity index (χ1v) is 7.30. The average Bonchev–Trinajstić information content (AvgIpc) is 3.03. The number of hydrogen-bond donors (Lipinski definition) is 2. The predicted molar refractivity (Wildman–Crippen MR) is 87.2 cm³/mol. The van der Waals surface area contributed by atoms with Crippen molar-refractivity contribution in [2.45, 2.75) is 13.5 Å². The standard InChI is InChI=1S/C17H15NO7/c1-9(2-10-3-14-15(5-12(10)18)24-8-23-14)17(21)25-16-7-22-11(6-19)4-13(16)20/h2-5,7,19H,6,8,18H2,1H3. The summed E-state index contributed by atoms with van der Waals surface area (Å²) in [7, 11) is 0. The van der Waals surface area contributed by atoms with Gasteiger partial charge in [-0.2, -0.15) is 0 Å². The van der Waals surface area contributed by atoms with Gasteiger partial charge in [0, 0.05) is 29.0 Å². The highest BCUT2D eigenvalue weighted by Crippen LogP contribution is 2.36. The number of carbonyl (C=O) groups is 1.